The zero-order valence-corrected chi connectivity index (χ0v) is 13.0. The molecule has 128 valence electrons. The second-order valence-corrected chi connectivity index (χ2v) is 4.94. The number of benzene rings is 1. The highest BCUT2D eigenvalue weighted by Crippen LogP contribution is 2.39. The smallest absolute Gasteiger partial charge is 0.411 e. The molecule has 0 saturated heterocycles. The van der Waals surface area contributed by atoms with Crippen LogP contribution in [0.25, 0.3) is 22.4 Å². The van der Waals surface area contributed by atoms with Crippen molar-refractivity contribution in [2.24, 2.45) is 0 Å². The number of rotatable bonds is 3. The Morgan fingerprint density at radius 1 is 1.32 bits per heavy atom. The molecule has 9 heteroatoms. The molecule has 0 atom stereocenters. The van der Waals surface area contributed by atoms with Gasteiger partial charge in [-0.1, -0.05) is 0 Å². The molecule has 0 aliphatic rings. The fraction of sp³-hybridized carbons (Fsp3) is 0.125. The van der Waals surface area contributed by atoms with Crippen LogP contribution < -0.4 is 10.7 Å². The lowest BCUT2D eigenvalue weighted by Gasteiger charge is -2.13. The Labute approximate surface area is 140 Å². The number of aromatic hydroxyl groups is 2. The molecule has 1 amide bonds. The van der Waals surface area contributed by atoms with E-state index < -0.39 is 17.3 Å². The van der Waals surface area contributed by atoms with Crippen molar-refractivity contribution in [1.29, 1.82) is 0 Å². The summed E-state index contributed by atoms with van der Waals surface area (Å²) in [6.07, 6.45) is 1.73. The van der Waals surface area contributed by atoms with Gasteiger partial charge in [0, 0.05) is 18.2 Å². The van der Waals surface area contributed by atoms with E-state index in [-0.39, 0.29) is 40.5 Å². The number of aromatic nitrogens is 2. The molecular weight excluding hydrogens is 330 g/mol. The lowest BCUT2D eigenvalue weighted by Crippen LogP contribution is -2.14. The summed E-state index contributed by atoms with van der Waals surface area (Å²) in [4.78, 5) is 31.5. The Morgan fingerprint density at radius 3 is 2.88 bits per heavy atom. The first-order valence-electron chi connectivity index (χ1n) is 7.23. The summed E-state index contributed by atoms with van der Waals surface area (Å²) in [7, 11) is 0. The number of hydrogen-bond acceptors (Lipinski definition) is 8. The molecule has 3 rings (SSSR count). The fourth-order valence-corrected chi connectivity index (χ4v) is 2.28. The van der Waals surface area contributed by atoms with Crippen molar-refractivity contribution < 1.29 is 24.2 Å². The highest BCUT2D eigenvalue weighted by molar-refractivity contribution is 5.93. The van der Waals surface area contributed by atoms with Crippen LogP contribution in [0.2, 0.25) is 0 Å². The molecular formula is C16H13N3O6. The molecule has 0 spiro atoms. The summed E-state index contributed by atoms with van der Waals surface area (Å²) in [5, 5.41) is 22.2. The largest absolute Gasteiger partial charge is 0.508 e. The molecule has 0 radical (unpaired) electrons. The summed E-state index contributed by atoms with van der Waals surface area (Å²) in [6.45, 7) is 1.76. The first-order valence-corrected chi connectivity index (χ1v) is 7.23. The second kappa shape index (κ2) is 6.48. The minimum absolute atomic E-state index is 0.00806. The van der Waals surface area contributed by atoms with E-state index in [2.05, 4.69) is 15.3 Å². The van der Waals surface area contributed by atoms with Crippen LogP contribution in [0, 0.1) is 0 Å². The predicted octanol–water partition coefficient (Wildman–Crippen LogP) is 2.23. The normalized spacial score (nSPS) is 10.6. The number of ether oxygens (including phenoxy) is 1. The average molecular weight is 343 g/mol. The first-order chi connectivity index (χ1) is 12.0. The van der Waals surface area contributed by atoms with Crippen LogP contribution in [0.5, 0.6) is 11.5 Å². The molecule has 3 N–H and O–H groups in total. The van der Waals surface area contributed by atoms with Gasteiger partial charge in [0.2, 0.25) is 5.43 Å². The predicted molar refractivity (Wildman–Crippen MR) is 87.5 cm³/mol. The molecule has 1 aromatic carbocycles. The van der Waals surface area contributed by atoms with Gasteiger partial charge in [-0.2, -0.15) is 0 Å². The third-order valence-electron chi connectivity index (χ3n) is 3.26. The zero-order chi connectivity index (χ0) is 18.0. The summed E-state index contributed by atoms with van der Waals surface area (Å²) in [6, 6.07) is 3.37. The fourth-order valence-electron chi connectivity index (χ4n) is 2.28. The molecule has 2 heterocycles. The standard InChI is InChI=1S/C16H13N3O6/c1-2-24-16(23)19-9-3-8(20)4-10(21)14(9)12-5-11(22)15-13(25-12)6-17-7-18-15/h3-7,20-21H,2H2,1H3,(H,19,23). The van der Waals surface area contributed by atoms with Gasteiger partial charge in [-0.3, -0.25) is 10.1 Å². The van der Waals surface area contributed by atoms with Gasteiger partial charge in [-0.05, 0) is 6.92 Å². The lowest BCUT2D eigenvalue weighted by molar-refractivity contribution is 0.168. The average Bonchev–Trinajstić information content (AvgIpc) is 2.54. The Kier molecular flexibility index (Phi) is 4.21. The molecule has 3 aromatic rings. The Balaban J connectivity index is 2.19. The molecule has 0 bridgehead atoms. The summed E-state index contributed by atoms with van der Waals surface area (Å²) in [5.74, 6) is -0.720. The van der Waals surface area contributed by atoms with Crippen LogP contribution in [-0.4, -0.2) is 32.9 Å². The molecule has 0 fully saturated rings. The van der Waals surface area contributed by atoms with Gasteiger partial charge < -0.3 is 19.4 Å². The van der Waals surface area contributed by atoms with Crippen LogP contribution in [0.15, 0.2) is 39.9 Å². The maximum absolute atomic E-state index is 12.2. The van der Waals surface area contributed by atoms with Gasteiger partial charge in [0.1, 0.15) is 23.6 Å². The number of nitrogens with one attached hydrogen (secondary N) is 1. The van der Waals surface area contributed by atoms with E-state index in [9.17, 15) is 19.8 Å². The monoisotopic (exact) mass is 343 g/mol. The van der Waals surface area contributed by atoms with Crippen molar-refractivity contribution in [2.75, 3.05) is 11.9 Å². The highest BCUT2D eigenvalue weighted by Gasteiger charge is 2.19. The molecule has 0 saturated carbocycles. The number of phenolic OH excluding ortho intramolecular Hbond substituents is 2. The number of carbonyl (C=O) groups excluding carboxylic acids is 1. The number of anilines is 1. The summed E-state index contributed by atoms with van der Waals surface area (Å²) in [5.41, 5.74) is -0.242. The minimum atomic E-state index is -0.791. The van der Waals surface area contributed by atoms with Gasteiger partial charge in [-0.15, -0.1) is 0 Å². The van der Waals surface area contributed by atoms with E-state index in [0.29, 0.717) is 0 Å². The van der Waals surface area contributed by atoms with Crippen molar-refractivity contribution in [3.63, 3.8) is 0 Å². The van der Waals surface area contributed by atoms with Gasteiger partial charge >= 0.3 is 6.09 Å². The SMILES string of the molecule is CCOC(=O)Nc1cc(O)cc(O)c1-c1cc(=O)c2ncncc2o1. The molecule has 2 aromatic heterocycles. The summed E-state index contributed by atoms with van der Waals surface area (Å²) < 4.78 is 10.4. The Hall–Kier alpha value is -3.62. The molecule has 9 nitrogen and oxygen atoms in total. The highest BCUT2D eigenvalue weighted by atomic mass is 16.5. The number of amides is 1. The van der Waals surface area contributed by atoms with E-state index in [0.717, 1.165) is 12.1 Å². The van der Waals surface area contributed by atoms with Crippen LogP contribution >= 0.6 is 0 Å². The van der Waals surface area contributed by atoms with Gasteiger partial charge in [0.05, 0.1) is 24.1 Å². The first kappa shape index (κ1) is 16.2. The molecule has 25 heavy (non-hydrogen) atoms. The van der Waals surface area contributed by atoms with Crippen molar-refractivity contribution in [3.8, 4) is 22.8 Å². The molecule has 0 unspecified atom stereocenters. The van der Waals surface area contributed by atoms with Gasteiger partial charge in [0.15, 0.2) is 11.1 Å². The summed E-state index contributed by atoms with van der Waals surface area (Å²) >= 11 is 0. The molecule has 0 aliphatic heterocycles. The topological polar surface area (TPSA) is 135 Å². The van der Waals surface area contributed by atoms with Gasteiger partial charge in [-0.25, -0.2) is 14.8 Å². The number of nitrogens with zero attached hydrogens (tertiary/aromatic N) is 2. The maximum Gasteiger partial charge on any atom is 0.411 e. The van der Waals surface area contributed by atoms with Crippen LogP contribution in [0.4, 0.5) is 10.5 Å². The van der Waals surface area contributed by atoms with E-state index in [4.69, 9.17) is 9.15 Å². The van der Waals surface area contributed by atoms with Crippen LogP contribution in [-0.2, 0) is 4.74 Å². The Bertz CT molecular complexity index is 1010. The van der Waals surface area contributed by atoms with E-state index >= 15 is 0 Å². The lowest BCUT2D eigenvalue weighted by atomic mass is 10.1. The van der Waals surface area contributed by atoms with Crippen molar-refractivity contribution >= 4 is 22.9 Å². The van der Waals surface area contributed by atoms with E-state index in [1.807, 2.05) is 0 Å². The van der Waals surface area contributed by atoms with Crippen LogP contribution in [0.3, 0.4) is 0 Å². The maximum atomic E-state index is 12.2. The number of carbonyl (C=O) groups is 1. The van der Waals surface area contributed by atoms with Gasteiger partial charge in [0.25, 0.3) is 0 Å². The molecule has 0 aliphatic carbocycles. The Morgan fingerprint density at radius 2 is 2.12 bits per heavy atom. The zero-order valence-electron chi connectivity index (χ0n) is 13.0. The minimum Gasteiger partial charge on any atom is -0.508 e. The van der Waals surface area contributed by atoms with Crippen molar-refractivity contribution in [3.05, 3.63) is 40.9 Å². The van der Waals surface area contributed by atoms with Crippen molar-refractivity contribution in [2.45, 2.75) is 6.92 Å². The third kappa shape index (κ3) is 3.20. The second-order valence-electron chi connectivity index (χ2n) is 4.94. The van der Waals surface area contributed by atoms with E-state index in [1.54, 1.807) is 6.92 Å². The van der Waals surface area contributed by atoms with Crippen LogP contribution in [0.1, 0.15) is 6.92 Å². The third-order valence-corrected chi connectivity index (χ3v) is 3.26. The van der Waals surface area contributed by atoms with Crippen molar-refractivity contribution in [1.82, 2.24) is 9.97 Å². The van der Waals surface area contributed by atoms with E-state index in [1.165, 1.54) is 18.6 Å². The quantitative estimate of drug-likeness (QED) is 0.659. The number of fused-ring (bicyclic) bond motifs is 1. The number of phenols is 2. The number of hydrogen-bond donors (Lipinski definition) is 3.